The minimum absolute atomic E-state index is 0.276. The summed E-state index contributed by atoms with van der Waals surface area (Å²) in [6, 6.07) is 7.05. The van der Waals surface area contributed by atoms with Crippen molar-refractivity contribution in [2.75, 3.05) is 13.2 Å². The van der Waals surface area contributed by atoms with E-state index in [1.165, 1.54) is 0 Å². The standard InChI is InChI=1S/C14H20O3/c1-4-9-16-14(15)12-5-7-13(8-6-12)17-10-11(2)3/h5-8,11H,4,9-10H2,1-3H3. The third-order valence-electron chi connectivity index (χ3n) is 2.11. The van der Waals surface area contributed by atoms with Crippen molar-refractivity contribution in [3.05, 3.63) is 29.8 Å². The number of ether oxygens (including phenoxy) is 2. The fourth-order valence-electron chi connectivity index (χ4n) is 1.23. The molecule has 0 bridgehead atoms. The van der Waals surface area contributed by atoms with E-state index in [-0.39, 0.29) is 5.97 Å². The van der Waals surface area contributed by atoms with Gasteiger partial charge >= 0.3 is 5.97 Å². The van der Waals surface area contributed by atoms with Crippen molar-refractivity contribution in [2.45, 2.75) is 27.2 Å². The van der Waals surface area contributed by atoms with Gasteiger partial charge < -0.3 is 9.47 Å². The summed E-state index contributed by atoms with van der Waals surface area (Å²) >= 11 is 0. The first kappa shape index (κ1) is 13.6. The van der Waals surface area contributed by atoms with Crippen LogP contribution in [0.1, 0.15) is 37.6 Å². The minimum atomic E-state index is -0.276. The van der Waals surface area contributed by atoms with Crippen molar-refractivity contribution in [1.29, 1.82) is 0 Å². The van der Waals surface area contributed by atoms with Crippen LogP contribution in [-0.4, -0.2) is 19.2 Å². The Labute approximate surface area is 103 Å². The second-order valence-electron chi connectivity index (χ2n) is 4.37. The Morgan fingerprint density at radius 1 is 1.24 bits per heavy atom. The summed E-state index contributed by atoms with van der Waals surface area (Å²) in [5.74, 6) is 0.997. The van der Waals surface area contributed by atoms with Gasteiger partial charge in [-0.3, -0.25) is 0 Å². The molecule has 1 aromatic rings. The highest BCUT2D eigenvalue weighted by Gasteiger charge is 2.06. The van der Waals surface area contributed by atoms with E-state index in [0.29, 0.717) is 24.7 Å². The molecule has 3 heteroatoms. The molecule has 0 aromatic heterocycles. The highest BCUT2D eigenvalue weighted by Crippen LogP contribution is 2.14. The van der Waals surface area contributed by atoms with Gasteiger partial charge in [-0.25, -0.2) is 4.79 Å². The van der Waals surface area contributed by atoms with E-state index in [1.54, 1.807) is 24.3 Å². The van der Waals surface area contributed by atoms with Crippen LogP contribution in [0.2, 0.25) is 0 Å². The van der Waals surface area contributed by atoms with E-state index in [1.807, 2.05) is 6.92 Å². The number of hydrogen-bond donors (Lipinski definition) is 0. The highest BCUT2D eigenvalue weighted by atomic mass is 16.5. The monoisotopic (exact) mass is 236 g/mol. The van der Waals surface area contributed by atoms with Gasteiger partial charge in [0.2, 0.25) is 0 Å². The smallest absolute Gasteiger partial charge is 0.338 e. The molecule has 0 saturated carbocycles. The van der Waals surface area contributed by atoms with Crippen LogP contribution in [0.4, 0.5) is 0 Å². The summed E-state index contributed by atoms with van der Waals surface area (Å²) < 4.78 is 10.6. The van der Waals surface area contributed by atoms with Crippen molar-refractivity contribution in [3.8, 4) is 5.75 Å². The molecular formula is C14H20O3. The Morgan fingerprint density at radius 3 is 2.41 bits per heavy atom. The van der Waals surface area contributed by atoms with Crippen LogP contribution in [-0.2, 0) is 4.74 Å². The average Bonchev–Trinajstić information content (AvgIpc) is 2.34. The Balaban J connectivity index is 2.52. The number of esters is 1. The van der Waals surface area contributed by atoms with E-state index < -0.39 is 0 Å². The largest absolute Gasteiger partial charge is 0.493 e. The molecular weight excluding hydrogens is 216 g/mol. The predicted molar refractivity (Wildman–Crippen MR) is 67.3 cm³/mol. The van der Waals surface area contributed by atoms with Crippen LogP contribution in [0, 0.1) is 5.92 Å². The van der Waals surface area contributed by atoms with Gasteiger partial charge in [0.15, 0.2) is 0 Å². The van der Waals surface area contributed by atoms with Gasteiger partial charge in [0.1, 0.15) is 5.75 Å². The fourth-order valence-corrected chi connectivity index (χ4v) is 1.23. The van der Waals surface area contributed by atoms with Crippen LogP contribution in [0.15, 0.2) is 24.3 Å². The van der Waals surface area contributed by atoms with Gasteiger partial charge in [0.25, 0.3) is 0 Å². The first-order valence-electron chi connectivity index (χ1n) is 6.03. The van der Waals surface area contributed by atoms with E-state index in [2.05, 4.69) is 13.8 Å². The minimum Gasteiger partial charge on any atom is -0.493 e. The summed E-state index contributed by atoms with van der Waals surface area (Å²) in [6.45, 7) is 7.30. The summed E-state index contributed by atoms with van der Waals surface area (Å²) in [4.78, 5) is 11.5. The van der Waals surface area contributed by atoms with Crippen molar-refractivity contribution in [2.24, 2.45) is 5.92 Å². The molecule has 1 aromatic carbocycles. The predicted octanol–water partition coefficient (Wildman–Crippen LogP) is 3.29. The maximum absolute atomic E-state index is 11.5. The molecule has 0 fully saturated rings. The summed E-state index contributed by atoms with van der Waals surface area (Å²) in [5, 5.41) is 0. The van der Waals surface area contributed by atoms with Gasteiger partial charge in [-0.1, -0.05) is 20.8 Å². The molecule has 0 radical (unpaired) electrons. The quantitative estimate of drug-likeness (QED) is 0.711. The van der Waals surface area contributed by atoms with Crippen LogP contribution in [0.5, 0.6) is 5.75 Å². The zero-order valence-corrected chi connectivity index (χ0v) is 10.7. The fraction of sp³-hybridized carbons (Fsp3) is 0.500. The molecule has 94 valence electrons. The molecule has 3 nitrogen and oxygen atoms in total. The molecule has 0 N–H and O–H groups in total. The molecule has 0 saturated heterocycles. The van der Waals surface area contributed by atoms with E-state index in [9.17, 15) is 4.79 Å². The molecule has 0 atom stereocenters. The number of carbonyl (C=O) groups excluding carboxylic acids is 1. The van der Waals surface area contributed by atoms with Crippen molar-refractivity contribution in [1.82, 2.24) is 0 Å². The molecule has 0 aliphatic carbocycles. The maximum atomic E-state index is 11.5. The molecule has 17 heavy (non-hydrogen) atoms. The molecule has 0 amide bonds. The van der Waals surface area contributed by atoms with Crippen LogP contribution >= 0.6 is 0 Å². The lowest BCUT2D eigenvalue weighted by molar-refractivity contribution is 0.0505. The summed E-state index contributed by atoms with van der Waals surface area (Å²) in [6.07, 6.45) is 0.835. The van der Waals surface area contributed by atoms with E-state index in [4.69, 9.17) is 9.47 Å². The molecule has 1 rings (SSSR count). The summed E-state index contributed by atoms with van der Waals surface area (Å²) in [5.41, 5.74) is 0.565. The molecule has 0 heterocycles. The zero-order chi connectivity index (χ0) is 12.7. The van der Waals surface area contributed by atoms with Gasteiger partial charge in [-0.2, -0.15) is 0 Å². The van der Waals surface area contributed by atoms with Gasteiger partial charge in [-0.15, -0.1) is 0 Å². The van der Waals surface area contributed by atoms with E-state index >= 15 is 0 Å². The molecule has 0 aliphatic heterocycles. The first-order valence-corrected chi connectivity index (χ1v) is 6.03. The second-order valence-corrected chi connectivity index (χ2v) is 4.37. The third-order valence-corrected chi connectivity index (χ3v) is 2.11. The first-order chi connectivity index (χ1) is 8.13. The van der Waals surface area contributed by atoms with Crippen molar-refractivity contribution in [3.63, 3.8) is 0 Å². The zero-order valence-electron chi connectivity index (χ0n) is 10.7. The second kappa shape index (κ2) is 6.94. The maximum Gasteiger partial charge on any atom is 0.338 e. The van der Waals surface area contributed by atoms with Crippen LogP contribution < -0.4 is 4.74 Å². The molecule has 0 unspecified atom stereocenters. The molecule has 0 aliphatic rings. The van der Waals surface area contributed by atoms with Crippen molar-refractivity contribution >= 4 is 5.97 Å². The van der Waals surface area contributed by atoms with Crippen molar-refractivity contribution < 1.29 is 14.3 Å². The van der Waals surface area contributed by atoms with E-state index in [0.717, 1.165) is 12.2 Å². The SMILES string of the molecule is CCCOC(=O)c1ccc(OCC(C)C)cc1. The summed E-state index contributed by atoms with van der Waals surface area (Å²) in [7, 11) is 0. The van der Waals surface area contributed by atoms with Gasteiger partial charge in [0, 0.05) is 0 Å². The number of benzene rings is 1. The Hall–Kier alpha value is -1.51. The Morgan fingerprint density at radius 2 is 1.88 bits per heavy atom. The normalized spacial score (nSPS) is 10.4. The Kier molecular flexibility index (Phi) is 5.53. The number of hydrogen-bond acceptors (Lipinski definition) is 3. The highest BCUT2D eigenvalue weighted by molar-refractivity contribution is 5.89. The average molecular weight is 236 g/mol. The van der Waals surface area contributed by atoms with Gasteiger partial charge in [-0.05, 0) is 36.6 Å². The third kappa shape index (κ3) is 4.89. The Bertz CT molecular complexity index is 341. The lowest BCUT2D eigenvalue weighted by atomic mass is 10.2. The van der Waals surface area contributed by atoms with Crippen LogP contribution in [0.3, 0.4) is 0 Å². The lowest BCUT2D eigenvalue weighted by Gasteiger charge is -2.09. The van der Waals surface area contributed by atoms with Gasteiger partial charge in [0.05, 0.1) is 18.8 Å². The number of carbonyl (C=O) groups is 1. The number of rotatable bonds is 6. The topological polar surface area (TPSA) is 35.5 Å². The molecule has 0 spiro atoms. The van der Waals surface area contributed by atoms with Crippen LogP contribution in [0.25, 0.3) is 0 Å². The lowest BCUT2D eigenvalue weighted by Crippen LogP contribution is -2.07.